The number of benzene rings is 3. The van der Waals surface area contributed by atoms with E-state index in [9.17, 15) is 14.9 Å². The molecule has 1 saturated heterocycles. The van der Waals surface area contributed by atoms with Gasteiger partial charge < -0.3 is 23.7 Å². The van der Waals surface area contributed by atoms with Crippen molar-refractivity contribution in [2.24, 2.45) is 0 Å². The fraction of sp³-hybridized carbons (Fsp3) is 0.345. The molecule has 2 unspecified atom stereocenters. The third kappa shape index (κ3) is 7.69. The lowest BCUT2D eigenvalue weighted by Gasteiger charge is -2.41. The van der Waals surface area contributed by atoms with Crippen LogP contribution >= 0.6 is 0 Å². The molecule has 5 atom stereocenters. The highest BCUT2D eigenvalue weighted by molar-refractivity contribution is 5.66. The first-order chi connectivity index (χ1) is 18.5. The van der Waals surface area contributed by atoms with Gasteiger partial charge in [0.2, 0.25) is 0 Å². The average molecular weight is 522 g/mol. The van der Waals surface area contributed by atoms with Crippen LogP contribution < -0.4 is 0 Å². The Hall–Kier alpha value is -3.63. The summed E-state index contributed by atoms with van der Waals surface area (Å²) in [4.78, 5) is 23.6. The predicted octanol–water partition coefficient (Wildman–Crippen LogP) is 4.31. The van der Waals surface area contributed by atoms with Crippen molar-refractivity contribution in [3.8, 4) is 0 Å². The highest BCUT2D eigenvalue weighted by atomic mass is 16.7. The lowest BCUT2D eigenvalue weighted by molar-refractivity contribution is -0.574. The number of carbonyl (C=O) groups excluding carboxylic acids is 1. The predicted molar refractivity (Wildman–Crippen MR) is 137 cm³/mol. The molecule has 1 heterocycles. The number of esters is 1. The van der Waals surface area contributed by atoms with Gasteiger partial charge in [-0.2, -0.15) is 0 Å². The molecule has 0 saturated carbocycles. The van der Waals surface area contributed by atoms with Crippen molar-refractivity contribution in [1.29, 1.82) is 0 Å². The first kappa shape index (κ1) is 27.4. The molecule has 1 aliphatic heterocycles. The Morgan fingerprint density at radius 2 is 1.26 bits per heavy atom. The standard InChI is InChI=1S/C29H31NO8/c1-21(31)37-29-26(30(32)33)28(36-19-24-15-9-4-10-16-24)27(35-18-23-13-7-3-8-14-23)25(38-29)20-34-17-22-11-5-2-6-12-22/h2-16,25-29H,17-20H2,1H3/t25-,26?,27-,28-,29?/m1/s1. The van der Waals surface area contributed by atoms with Crippen molar-refractivity contribution in [3.63, 3.8) is 0 Å². The van der Waals surface area contributed by atoms with E-state index in [0.717, 1.165) is 16.7 Å². The molecule has 3 aromatic carbocycles. The number of carbonyl (C=O) groups is 1. The molecule has 9 nitrogen and oxygen atoms in total. The van der Waals surface area contributed by atoms with Crippen LogP contribution in [-0.2, 0) is 48.3 Å². The molecule has 38 heavy (non-hydrogen) atoms. The summed E-state index contributed by atoms with van der Waals surface area (Å²) in [7, 11) is 0. The van der Waals surface area contributed by atoms with Gasteiger partial charge >= 0.3 is 12.0 Å². The number of nitro groups is 1. The molecule has 0 amide bonds. The zero-order chi connectivity index (χ0) is 26.7. The van der Waals surface area contributed by atoms with E-state index in [1.807, 2.05) is 91.0 Å². The van der Waals surface area contributed by atoms with Gasteiger partial charge in [-0.25, -0.2) is 0 Å². The largest absolute Gasteiger partial charge is 0.428 e. The quantitative estimate of drug-likeness (QED) is 0.197. The zero-order valence-electron chi connectivity index (χ0n) is 21.1. The highest BCUT2D eigenvalue weighted by Crippen LogP contribution is 2.30. The summed E-state index contributed by atoms with van der Waals surface area (Å²) in [6.07, 6.45) is -4.23. The van der Waals surface area contributed by atoms with Crippen LogP contribution in [0.5, 0.6) is 0 Å². The Balaban J connectivity index is 1.59. The second-order valence-electron chi connectivity index (χ2n) is 8.95. The Bertz CT molecular complexity index is 1150. The second kappa shape index (κ2) is 13.8. The minimum atomic E-state index is -1.51. The van der Waals surface area contributed by atoms with Gasteiger partial charge in [0.25, 0.3) is 6.29 Å². The normalized spacial score (nSPS) is 23.0. The average Bonchev–Trinajstić information content (AvgIpc) is 2.92. The summed E-state index contributed by atoms with van der Waals surface area (Å²) < 4.78 is 29.6. The van der Waals surface area contributed by atoms with Crippen molar-refractivity contribution in [1.82, 2.24) is 0 Å². The molecule has 0 aliphatic carbocycles. The van der Waals surface area contributed by atoms with Crippen molar-refractivity contribution >= 4 is 5.97 Å². The molecule has 200 valence electrons. The van der Waals surface area contributed by atoms with Crippen LogP contribution in [0.3, 0.4) is 0 Å². The summed E-state index contributed by atoms with van der Waals surface area (Å²) in [5, 5.41) is 12.3. The summed E-state index contributed by atoms with van der Waals surface area (Å²) >= 11 is 0. The lowest BCUT2D eigenvalue weighted by atomic mass is 9.96. The lowest BCUT2D eigenvalue weighted by Crippen LogP contribution is -2.63. The van der Waals surface area contributed by atoms with Gasteiger partial charge in [-0.15, -0.1) is 0 Å². The first-order valence-corrected chi connectivity index (χ1v) is 12.4. The van der Waals surface area contributed by atoms with E-state index in [1.54, 1.807) is 0 Å². The van der Waals surface area contributed by atoms with Crippen LogP contribution in [0.15, 0.2) is 91.0 Å². The van der Waals surface area contributed by atoms with Gasteiger partial charge in [0.15, 0.2) is 6.10 Å². The fourth-order valence-corrected chi connectivity index (χ4v) is 4.30. The molecule has 0 aromatic heterocycles. The Kier molecular flexibility index (Phi) is 9.94. The van der Waals surface area contributed by atoms with Gasteiger partial charge in [-0.05, 0) is 16.7 Å². The van der Waals surface area contributed by atoms with Crippen molar-refractivity contribution in [2.45, 2.75) is 57.4 Å². The third-order valence-corrected chi connectivity index (χ3v) is 6.10. The van der Waals surface area contributed by atoms with Crippen LogP contribution in [0.2, 0.25) is 0 Å². The molecular weight excluding hydrogens is 490 g/mol. The Morgan fingerprint density at radius 1 is 0.789 bits per heavy atom. The summed E-state index contributed by atoms with van der Waals surface area (Å²) in [6, 6.07) is 26.9. The molecule has 3 aromatic rings. The van der Waals surface area contributed by atoms with Crippen LogP contribution in [-0.4, -0.2) is 48.1 Å². The minimum Gasteiger partial charge on any atom is -0.428 e. The number of ether oxygens (including phenoxy) is 5. The van der Waals surface area contributed by atoms with Crippen molar-refractivity contribution in [2.75, 3.05) is 6.61 Å². The second-order valence-corrected chi connectivity index (χ2v) is 8.95. The summed E-state index contributed by atoms with van der Waals surface area (Å²) in [5.41, 5.74) is 2.68. The zero-order valence-corrected chi connectivity index (χ0v) is 21.1. The van der Waals surface area contributed by atoms with Gasteiger partial charge in [-0.1, -0.05) is 91.0 Å². The molecule has 1 fully saturated rings. The van der Waals surface area contributed by atoms with Gasteiger partial charge in [0, 0.05) is 11.8 Å². The smallest absolute Gasteiger partial charge is 0.305 e. The minimum absolute atomic E-state index is 0.0434. The van der Waals surface area contributed by atoms with Gasteiger partial charge in [0.1, 0.15) is 12.2 Å². The molecule has 0 bridgehead atoms. The van der Waals surface area contributed by atoms with E-state index in [1.165, 1.54) is 6.92 Å². The van der Waals surface area contributed by atoms with Crippen LogP contribution in [0.4, 0.5) is 0 Å². The monoisotopic (exact) mass is 521 g/mol. The maximum absolute atomic E-state index is 12.3. The van der Waals surface area contributed by atoms with E-state index in [-0.39, 0.29) is 19.8 Å². The van der Waals surface area contributed by atoms with Crippen molar-refractivity contribution < 1.29 is 33.4 Å². The molecule has 0 N–H and O–H groups in total. The van der Waals surface area contributed by atoms with Crippen molar-refractivity contribution in [3.05, 3.63) is 118 Å². The number of hydrogen-bond acceptors (Lipinski definition) is 8. The van der Waals surface area contributed by atoms with Crippen LogP contribution in [0.25, 0.3) is 0 Å². The fourth-order valence-electron chi connectivity index (χ4n) is 4.30. The highest BCUT2D eigenvalue weighted by Gasteiger charge is 2.55. The molecule has 0 radical (unpaired) electrons. The Labute approximate surface area is 221 Å². The topological polar surface area (TPSA) is 106 Å². The van der Waals surface area contributed by atoms with E-state index < -0.39 is 41.5 Å². The molecule has 0 spiro atoms. The van der Waals surface area contributed by atoms with E-state index in [2.05, 4.69) is 0 Å². The van der Waals surface area contributed by atoms with E-state index in [4.69, 9.17) is 23.7 Å². The number of hydrogen-bond donors (Lipinski definition) is 0. The van der Waals surface area contributed by atoms with Crippen LogP contribution in [0, 0.1) is 10.1 Å². The first-order valence-electron chi connectivity index (χ1n) is 12.4. The maximum Gasteiger partial charge on any atom is 0.305 e. The molecule has 1 aliphatic rings. The van der Waals surface area contributed by atoms with Gasteiger partial charge in [0.05, 0.1) is 26.4 Å². The summed E-state index contributed by atoms with van der Waals surface area (Å²) in [6.45, 7) is 1.81. The van der Waals surface area contributed by atoms with E-state index >= 15 is 0 Å². The third-order valence-electron chi connectivity index (χ3n) is 6.10. The summed E-state index contributed by atoms with van der Waals surface area (Å²) in [5.74, 6) is -0.698. The number of nitrogens with zero attached hydrogens (tertiary/aromatic N) is 1. The molecule has 9 heteroatoms. The Morgan fingerprint density at radius 3 is 1.74 bits per heavy atom. The van der Waals surface area contributed by atoms with Crippen LogP contribution in [0.1, 0.15) is 23.6 Å². The van der Waals surface area contributed by atoms with E-state index in [0.29, 0.717) is 6.61 Å². The SMILES string of the molecule is CC(=O)OC1O[C@H](COCc2ccccc2)[C@@H](OCc2ccccc2)[C@H](OCc2ccccc2)C1[N+](=O)[O-]. The maximum atomic E-state index is 12.3. The number of rotatable bonds is 12. The van der Waals surface area contributed by atoms with Gasteiger partial charge in [-0.3, -0.25) is 14.9 Å². The molecule has 4 rings (SSSR count). The molecular formula is C29H31NO8.